The third-order valence-electron chi connectivity index (χ3n) is 3.22. The van der Waals surface area contributed by atoms with Crippen LogP contribution < -0.4 is 0 Å². The van der Waals surface area contributed by atoms with Gasteiger partial charge in [0.2, 0.25) is 0 Å². The predicted molar refractivity (Wildman–Crippen MR) is 61.7 cm³/mol. The molecule has 1 saturated heterocycles. The summed E-state index contributed by atoms with van der Waals surface area (Å²) in [6.07, 6.45) is 2.72. The fourth-order valence-electron chi connectivity index (χ4n) is 1.41. The van der Waals surface area contributed by atoms with Gasteiger partial charge in [0.1, 0.15) is 0 Å². The molecule has 0 spiro atoms. The minimum absolute atomic E-state index is 0.167. The Labute approximate surface area is 92.9 Å². The van der Waals surface area contributed by atoms with E-state index in [1.807, 2.05) is 13.0 Å². The first-order chi connectivity index (χ1) is 6.78. The minimum atomic E-state index is -0.244. The van der Waals surface area contributed by atoms with Crippen molar-refractivity contribution in [2.45, 2.75) is 52.1 Å². The number of ether oxygens (including phenoxy) is 1. The van der Waals surface area contributed by atoms with Crippen molar-refractivity contribution in [1.82, 2.24) is 0 Å². The molecule has 15 heavy (non-hydrogen) atoms. The summed E-state index contributed by atoms with van der Waals surface area (Å²) in [4.78, 5) is 0. The lowest BCUT2D eigenvalue weighted by atomic mass is 9.85. The van der Waals surface area contributed by atoms with Crippen LogP contribution >= 0.6 is 0 Å². The maximum absolute atomic E-state index is 5.84. The molecule has 1 aliphatic rings. The minimum Gasteiger partial charge on any atom is -0.502 e. The molecule has 0 N–H and O–H groups in total. The van der Waals surface area contributed by atoms with Crippen LogP contribution in [-0.2, 0) is 14.0 Å². The summed E-state index contributed by atoms with van der Waals surface area (Å²) in [6.45, 7) is 10.1. The molecule has 4 heteroatoms. The van der Waals surface area contributed by atoms with Crippen molar-refractivity contribution in [3.8, 4) is 0 Å². The van der Waals surface area contributed by atoms with E-state index in [9.17, 15) is 0 Å². The van der Waals surface area contributed by atoms with Gasteiger partial charge < -0.3 is 14.0 Å². The molecule has 1 heterocycles. The molecule has 0 aliphatic carbocycles. The Bertz CT molecular complexity index is 243. The molecule has 86 valence electrons. The number of rotatable bonds is 3. The number of methoxy groups -OCH3 is 1. The van der Waals surface area contributed by atoms with E-state index >= 15 is 0 Å². The molecule has 0 saturated carbocycles. The summed E-state index contributed by atoms with van der Waals surface area (Å²) < 4.78 is 16.7. The lowest BCUT2D eigenvalue weighted by molar-refractivity contribution is 0.00578. The van der Waals surface area contributed by atoms with Crippen molar-refractivity contribution in [2.24, 2.45) is 0 Å². The van der Waals surface area contributed by atoms with Crippen molar-refractivity contribution in [1.29, 1.82) is 0 Å². The van der Waals surface area contributed by atoms with E-state index in [4.69, 9.17) is 14.0 Å². The van der Waals surface area contributed by atoms with Gasteiger partial charge >= 0.3 is 7.12 Å². The highest BCUT2D eigenvalue weighted by Gasteiger charge is 2.50. The molecule has 0 amide bonds. The van der Waals surface area contributed by atoms with Gasteiger partial charge in [0.05, 0.1) is 24.1 Å². The van der Waals surface area contributed by atoms with Gasteiger partial charge in [-0.05, 0) is 40.7 Å². The van der Waals surface area contributed by atoms with Gasteiger partial charge in [0.25, 0.3) is 0 Å². The van der Waals surface area contributed by atoms with Crippen LogP contribution in [0.5, 0.6) is 0 Å². The Morgan fingerprint density at radius 2 is 1.67 bits per heavy atom. The van der Waals surface area contributed by atoms with Crippen LogP contribution in [0.4, 0.5) is 0 Å². The zero-order chi connectivity index (χ0) is 11.7. The van der Waals surface area contributed by atoms with Gasteiger partial charge in [-0.2, -0.15) is 0 Å². The maximum Gasteiger partial charge on any atom is 0.461 e. The summed E-state index contributed by atoms with van der Waals surface area (Å²) in [6, 6.07) is 0. The number of hydrogen-bond donors (Lipinski definition) is 0. The molecule has 0 aromatic rings. The molecule has 1 aliphatic heterocycles. The smallest absolute Gasteiger partial charge is 0.461 e. The normalized spacial score (nSPS) is 24.4. The van der Waals surface area contributed by atoms with Crippen LogP contribution in [0.3, 0.4) is 0 Å². The van der Waals surface area contributed by atoms with E-state index in [1.54, 1.807) is 7.11 Å². The fourth-order valence-corrected chi connectivity index (χ4v) is 1.41. The Morgan fingerprint density at radius 1 is 1.20 bits per heavy atom. The summed E-state index contributed by atoms with van der Waals surface area (Å²) in [5, 5.41) is 0. The molecule has 0 aromatic carbocycles. The summed E-state index contributed by atoms with van der Waals surface area (Å²) >= 11 is 0. The monoisotopic (exact) mass is 212 g/mol. The van der Waals surface area contributed by atoms with Crippen molar-refractivity contribution in [3.05, 3.63) is 11.8 Å². The third-order valence-corrected chi connectivity index (χ3v) is 3.22. The Morgan fingerprint density at radius 3 is 2.07 bits per heavy atom. The number of allylic oxidation sites excluding steroid dienone is 2. The molecule has 0 atom stereocenters. The molecule has 0 radical (unpaired) electrons. The number of hydrogen-bond acceptors (Lipinski definition) is 3. The fraction of sp³-hybridized carbons (Fsp3) is 0.818. The highest BCUT2D eigenvalue weighted by molar-refractivity contribution is 6.46. The predicted octanol–water partition coefficient (Wildman–Crippen LogP) is 2.63. The third kappa shape index (κ3) is 2.76. The second-order valence-electron chi connectivity index (χ2n) is 4.94. The van der Waals surface area contributed by atoms with E-state index < -0.39 is 0 Å². The average molecular weight is 212 g/mol. The summed E-state index contributed by atoms with van der Waals surface area (Å²) in [7, 11) is 1.50. The van der Waals surface area contributed by atoms with Gasteiger partial charge in [0, 0.05) is 6.32 Å². The molecule has 1 fully saturated rings. The molecule has 1 rings (SSSR count). The van der Waals surface area contributed by atoms with Gasteiger partial charge in [-0.25, -0.2) is 0 Å². The first kappa shape index (κ1) is 12.6. The second-order valence-corrected chi connectivity index (χ2v) is 4.94. The van der Waals surface area contributed by atoms with E-state index in [0.29, 0.717) is 0 Å². The second kappa shape index (κ2) is 4.18. The first-order valence-electron chi connectivity index (χ1n) is 5.35. The lowest BCUT2D eigenvalue weighted by Gasteiger charge is -2.32. The van der Waals surface area contributed by atoms with Crippen LogP contribution in [0.1, 0.15) is 34.6 Å². The molecule has 3 nitrogen and oxygen atoms in total. The van der Waals surface area contributed by atoms with E-state index in [1.165, 1.54) is 0 Å². The van der Waals surface area contributed by atoms with Crippen LogP contribution in [-0.4, -0.2) is 25.4 Å². The standard InChI is InChI=1S/C11H21BO3/c1-9(13-6)7-8-12-14-10(2,3)11(4,5)15-12/h7H,8H2,1-6H3/b9-7-. The zero-order valence-electron chi connectivity index (χ0n) is 10.6. The van der Waals surface area contributed by atoms with Crippen molar-refractivity contribution >= 4 is 7.12 Å². The van der Waals surface area contributed by atoms with Crippen LogP contribution in [0.15, 0.2) is 11.8 Å². The topological polar surface area (TPSA) is 27.7 Å². The van der Waals surface area contributed by atoms with E-state index in [-0.39, 0.29) is 18.3 Å². The van der Waals surface area contributed by atoms with Gasteiger partial charge in [-0.3, -0.25) is 0 Å². The van der Waals surface area contributed by atoms with Crippen molar-refractivity contribution in [2.75, 3.05) is 7.11 Å². The Hall–Kier alpha value is -0.475. The van der Waals surface area contributed by atoms with Crippen LogP contribution in [0.2, 0.25) is 6.32 Å². The largest absolute Gasteiger partial charge is 0.502 e. The lowest BCUT2D eigenvalue weighted by Crippen LogP contribution is -2.41. The van der Waals surface area contributed by atoms with Crippen molar-refractivity contribution < 1.29 is 14.0 Å². The average Bonchev–Trinajstić information content (AvgIpc) is 2.31. The van der Waals surface area contributed by atoms with Gasteiger partial charge in [-0.15, -0.1) is 0 Å². The molecular formula is C11H21BO3. The Balaban J connectivity index is 2.57. The van der Waals surface area contributed by atoms with Crippen molar-refractivity contribution in [3.63, 3.8) is 0 Å². The molecule has 0 bridgehead atoms. The van der Waals surface area contributed by atoms with Crippen LogP contribution in [0.25, 0.3) is 0 Å². The maximum atomic E-state index is 5.84. The highest BCUT2D eigenvalue weighted by atomic mass is 16.7. The summed E-state index contributed by atoms with van der Waals surface area (Å²) in [5.41, 5.74) is -0.487. The van der Waals surface area contributed by atoms with E-state index in [0.717, 1.165) is 12.1 Å². The molecule has 0 unspecified atom stereocenters. The van der Waals surface area contributed by atoms with Gasteiger partial charge in [0.15, 0.2) is 0 Å². The first-order valence-corrected chi connectivity index (χ1v) is 5.35. The summed E-state index contributed by atoms with van der Waals surface area (Å²) in [5.74, 6) is 0.893. The Kier molecular flexibility index (Phi) is 3.51. The van der Waals surface area contributed by atoms with Gasteiger partial charge in [-0.1, -0.05) is 0 Å². The SMILES string of the molecule is CO/C(C)=C\CB1OC(C)(C)C(C)(C)O1. The van der Waals surface area contributed by atoms with Crippen LogP contribution in [0, 0.1) is 0 Å². The highest BCUT2D eigenvalue weighted by Crippen LogP contribution is 2.37. The van der Waals surface area contributed by atoms with E-state index in [2.05, 4.69) is 27.7 Å². The zero-order valence-corrected chi connectivity index (χ0v) is 10.6. The molecular weight excluding hydrogens is 191 g/mol. The quantitative estimate of drug-likeness (QED) is 0.531. The molecule has 0 aromatic heterocycles.